The molecule has 0 bridgehead atoms. The second-order valence-electron chi connectivity index (χ2n) is 4.44. The standard InChI is InChI=1S/C13H17FN2O2/c1-9-6-10(2-3-12(9)14)13(17)16-4-5-18-11(7-15)8-16/h2-3,6,11H,4-5,7-8,15H2,1H3/t11-/m1/s1. The van der Waals surface area contributed by atoms with E-state index in [1.165, 1.54) is 12.1 Å². The minimum absolute atomic E-state index is 0.0974. The lowest BCUT2D eigenvalue weighted by Gasteiger charge is -2.32. The number of hydrogen-bond donors (Lipinski definition) is 1. The van der Waals surface area contributed by atoms with Gasteiger partial charge in [0.1, 0.15) is 5.82 Å². The number of nitrogens with two attached hydrogens (primary N) is 1. The van der Waals surface area contributed by atoms with Crippen LogP contribution < -0.4 is 5.73 Å². The fourth-order valence-electron chi connectivity index (χ4n) is 2.01. The van der Waals surface area contributed by atoms with Gasteiger partial charge in [0.05, 0.1) is 12.7 Å². The molecule has 2 N–H and O–H groups in total. The summed E-state index contributed by atoms with van der Waals surface area (Å²) in [7, 11) is 0. The largest absolute Gasteiger partial charge is 0.373 e. The van der Waals surface area contributed by atoms with Crippen molar-refractivity contribution in [3.63, 3.8) is 0 Å². The summed E-state index contributed by atoms with van der Waals surface area (Å²) in [5.74, 6) is -0.395. The van der Waals surface area contributed by atoms with E-state index in [1.807, 2.05) is 0 Å². The van der Waals surface area contributed by atoms with Crippen LogP contribution in [0, 0.1) is 12.7 Å². The molecule has 1 aromatic carbocycles. The predicted molar refractivity (Wildman–Crippen MR) is 65.8 cm³/mol. The summed E-state index contributed by atoms with van der Waals surface area (Å²) in [4.78, 5) is 13.9. The summed E-state index contributed by atoms with van der Waals surface area (Å²) in [6.45, 7) is 3.58. The van der Waals surface area contributed by atoms with Gasteiger partial charge in [-0.1, -0.05) is 0 Å². The molecule has 1 saturated heterocycles. The molecule has 1 fully saturated rings. The van der Waals surface area contributed by atoms with E-state index in [1.54, 1.807) is 17.9 Å². The highest BCUT2D eigenvalue weighted by molar-refractivity contribution is 5.94. The summed E-state index contributed by atoms with van der Waals surface area (Å²) < 4.78 is 18.6. The van der Waals surface area contributed by atoms with Crippen LogP contribution in [0.2, 0.25) is 0 Å². The summed E-state index contributed by atoms with van der Waals surface area (Å²) in [5.41, 5.74) is 6.52. The number of amides is 1. The maximum atomic E-state index is 13.2. The van der Waals surface area contributed by atoms with Crippen molar-refractivity contribution < 1.29 is 13.9 Å². The predicted octanol–water partition coefficient (Wildman–Crippen LogP) is 0.934. The Balaban J connectivity index is 2.12. The van der Waals surface area contributed by atoms with Crippen LogP contribution in [0.3, 0.4) is 0 Å². The lowest BCUT2D eigenvalue weighted by atomic mass is 10.1. The van der Waals surface area contributed by atoms with E-state index in [2.05, 4.69) is 0 Å². The summed E-state index contributed by atoms with van der Waals surface area (Å²) >= 11 is 0. The third-order valence-corrected chi connectivity index (χ3v) is 3.09. The van der Waals surface area contributed by atoms with Crippen molar-refractivity contribution >= 4 is 5.91 Å². The molecule has 1 aliphatic heterocycles. The maximum absolute atomic E-state index is 13.2. The Hall–Kier alpha value is -1.46. The van der Waals surface area contributed by atoms with Crippen LogP contribution in [0.25, 0.3) is 0 Å². The van der Waals surface area contributed by atoms with Gasteiger partial charge in [0.15, 0.2) is 0 Å². The fourth-order valence-corrected chi connectivity index (χ4v) is 2.01. The first-order valence-electron chi connectivity index (χ1n) is 5.99. The average Bonchev–Trinajstić information content (AvgIpc) is 2.41. The highest BCUT2D eigenvalue weighted by Gasteiger charge is 2.24. The van der Waals surface area contributed by atoms with Crippen LogP contribution in [0.15, 0.2) is 18.2 Å². The molecule has 4 nitrogen and oxygen atoms in total. The van der Waals surface area contributed by atoms with Crippen molar-refractivity contribution in [2.24, 2.45) is 5.73 Å². The van der Waals surface area contributed by atoms with Gasteiger partial charge in [0.25, 0.3) is 5.91 Å². The number of halogens is 1. The molecule has 0 aliphatic carbocycles. The molecule has 1 atom stereocenters. The number of hydrogen-bond acceptors (Lipinski definition) is 3. The number of aryl methyl sites for hydroxylation is 1. The lowest BCUT2D eigenvalue weighted by molar-refractivity contribution is -0.0167. The molecule has 18 heavy (non-hydrogen) atoms. The number of benzene rings is 1. The van der Waals surface area contributed by atoms with Crippen molar-refractivity contribution in [1.29, 1.82) is 0 Å². The van der Waals surface area contributed by atoms with E-state index < -0.39 is 0 Å². The fraction of sp³-hybridized carbons (Fsp3) is 0.462. The highest BCUT2D eigenvalue weighted by atomic mass is 19.1. The zero-order valence-corrected chi connectivity index (χ0v) is 10.4. The van der Waals surface area contributed by atoms with E-state index in [9.17, 15) is 9.18 Å². The molecule has 1 amide bonds. The van der Waals surface area contributed by atoms with Crippen molar-refractivity contribution in [2.45, 2.75) is 13.0 Å². The summed E-state index contributed by atoms with van der Waals surface area (Å²) in [5, 5.41) is 0. The molecule has 1 aromatic rings. The summed E-state index contributed by atoms with van der Waals surface area (Å²) in [6.07, 6.45) is -0.107. The molecule has 5 heteroatoms. The molecule has 0 aromatic heterocycles. The molecule has 2 rings (SSSR count). The van der Waals surface area contributed by atoms with E-state index in [-0.39, 0.29) is 17.8 Å². The number of nitrogens with zero attached hydrogens (tertiary/aromatic N) is 1. The van der Waals surface area contributed by atoms with E-state index in [4.69, 9.17) is 10.5 Å². The topological polar surface area (TPSA) is 55.6 Å². The molecule has 98 valence electrons. The van der Waals surface area contributed by atoms with Crippen molar-refractivity contribution in [2.75, 3.05) is 26.2 Å². The number of carbonyl (C=O) groups excluding carboxylic acids is 1. The quantitative estimate of drug-likeness (QED) is 0.852. The van der Waals surface area contributed by atoms with E-state index in [0.717, 1.165) is 0 Å². The first kappa shape index (κ1) is 13.0. The van der Waals surface area contributed by atoms with Crippen molar-refractivity contribution in [3.8, 4) is 0 Å². The maximum Gasteiger partial charge on any atom is 0.254 e. The smallest absolute Gasteiger partial charge is 0.254 e. The van der Waals surface area contributed by atoms with E-state index in [0.29, 0.717) is 37.4 Å². The van der Waals surface area contributed by atoms with Crippen LogP contribution in [0.1, 0.15) is 15.9 Å². The molecule has 0 unspecified atom stereocenters. The first-order valence-corrected chi connectivity index (χ1v) is 5.99. The average molecular weight is 252 g/mol. The SMILES string of the molecule is Cc1cc(C(=O)N2CCO[C@H](CN)C2)ccc1F. The zero-order chi connectivity index (χ0) is 13.1. The zero-order valence-electron chi connectivity index (χ0n) is 10.4. The molecule has 0 radical (unpaired) electrons. The van der Waals surface area contributed by atoms with Crippen molar-refractivity contribution in [3.05, 3.63) is 35.1 Å². The Kier molecular flexibility index (Phi) is 3.93. The van der Waals surface area contributed by atoms with Gasteiger partial charge in [-0.3, -0.25) is 4.79 Å². The van der Waals surface area contributed by atoms with Gasteiger partial charge in [0, 0.05) is 25.2 Å². The molecule has 1 aliphatic rings. The number of morpholine rings is 1. The Labute approximate surface area is 106 Å². The normalized spacial score (nSPS) is 19.9. The van der Waals surface area contributed by atoms with Crippen LogP contribution in [0.5, 0.6) is 0 Å². The lowest BCUT2D eigenvalue weighted by Crippen LogP contribution is -2.48. The summed E-state index contributed by atoms with van der Waals surface area (Å²) in [6, 6.07) is 4.41. The molecule has 0 spiro atoms. The van der Waals surface area contributed by atoms with Crippen LogP contribution >= 0.6 is 0 Å². The Morgan fingerprint density at radius 2 is 2.39 bits per heavy atom. The minimum atomic E-state index is -0.298. The van der Waals surface area contributed by atoms with Crippen molar-refractivity contribution in [1.82, 2.24) is 4.90 Å². The van der Waals surface area contributed by atoms with Gasteiger partial charge < -0.3 is 15.4 Å². The second-order valence-corrected chi connectivity index (χ2v) is 4.44. The number of rotatable bonds is 2. The number of ether oxygens (including phenoxy) is 1. The molecular weight excluding hydrogens is 235 g/mol. The van der Waals surface area contributed by atoms with Gasteiger partial charge >= 0.3 is 0 Å². The molecule has 1 heterocycles. The van der Waals surface area contributed by atoms with Gasteiger partial charge in [-0.25, -0.2) is 4.39 Å². The minimum Gasteiger partial charge on any atom is -0.373 e. The van der Waals surface area contributed by atoms with Crippen LogP contribution in [-0.2, 0) is 4.74 Å². The van der Waals surface area contributed by atoms with E-state index >= 15 is 0 Å². The van der Waals surface area contributed by atoms with Gasteiger partial charge in [0.2, 0.25) is 0 Å². The highest BCUT2D eigenvalue weighted by Crippen LogP contribution is 2.14. The van der Waals surface area contributed by atoms with Crippen LogP contribution in [0.4, 0.5) is 4.39 Å². The molecule has 0 saturated carbocycles. The second kappa shape index (κ2) is 5.46. The third kappa shape index (κ3) is 2.68. The molecular formula is C13H17FN2O2. The Morgan fingerprint density at radius 3 is 3.06 bits per heavy atom. The third-order valence-electron chi connectivity index (χ3n) is 3.09. The van der Waals surface area contributed by atoms with Gasteiger partial charge in [-0.05, 0) is 30.7 Å². The first-order chi connectivity index (χ1) is 8.61. The number of carbonyl (C=O) groups is 1. The Morgan fingerprint density at radius 1 is 1.61 bits per heavy atom. The monoisotopic (exact) mass is 252 g/mol. The Bertz CT molecular complexity index is 451. The van der Waals surface area contributed by atoms with Gasteiger partial charge in [-0.2, -0.15) is 0 Å². The van der Waals surface area contributed by atoms with Crippen LogP contribution in [-0.4, -0.2) is 43.2 Å². The van der Waals surface area contributed by atoms with Gasteiger partial charge in [-0.15, -0.1) is 0 Å².